The third-order valence-electron chi connectivity index (χ3n) is 3.01. The number of nitrogens with zero attached hydrogens (tertiary/aromatic N) is 1. The maximum absolute atomic E-state index is 13.6. The Morgan fingerprint density at radius 1 is 1.21 bits per heavy atom. The third kappa shape index (κ3) is 3.58. The highest BCUT2D eigenvalue weighted by Crippen LogP contribution is 2.18. The van der Waals surface area contributed by atoms with Crippen molar-refractivity contribution in [2.75, 3.05) is 0 Å². The molecule has 2 rings (SSSR count). The molecule has 19 heavy (non-hydrogen) atoms. The van der Waals surface area contributed by atoms with Crippen molar-refractivity contribution in [1.29, 1.82) is 0 Å². The Morgan fingerprint density at radius 2 is 2.00 bits per heavy atom. The normalized spacial score (nSPS) is 12.4. The second-order valence-electron chi connectivity index (χ2n) is 4.58. The zero-order valence-electron chi connectivity index (χ0n) is 11.0. The van der Waals surface area contributed by atoms with Crippen molar-refractivity contribution in [3.8, 4) is 0 Å². The fraction of sp³-hybridized carbons (Fsp3) is 0.267. The molecule has 4 heteroatoms. The van der Waals surface area contributed by atoms with Crippen molar-refractivity contribution in [2.45, 2.75) is 26.4 Å². The minimum absolute atomic E-state index is 0.193. The zero-order valence-corrected chi connectivity index (χ0v) is 11.0. The van der Waals surface area contributed by atoms with Crippen LogP contribution in [0.3, 0.4) is 0 Å². The third-order valence-corrected chi connectivity index (χ3v) is 3.01. The predicted molar refractivity (Wildman–Crippen MR) is 70.6 cm³/mol. The van der Waals surface area contributed by atoms with Gasteiger partial charge in [0, 0.05) is 36.1 Å². The number of hydrogen-bond acceptors (Lipinski definition) is 2. The average molecular weight is 262 g/mol. The summed E-state index contributed by atoms with van der Waals surface area (Å²) in [4.78, 5) is 4.20. The first-order valence-electron chi connectivity index (χ1n) is 6.16. The Balaban J connectivity index is 2.01. The second-order valence-corrected chi connectivity index (χ2v) is 4.58. The Labute approximate surface area is 111 Å². The van der Waals surface area contributed by atoms with Crippen LogP contribution in [0.1, 0.15) is 29.8 Å². The second kappa shape index (κ2) is 5.89. The summed E-state index contributed by atoms with van der Waals surface area (Å²) in [5.41, 5.74) is 2.45. The fourth-order valence-corrected chi connectivity index (χ4v) is 1.84. The van der Waals surface area contributed by atoms with Crippen LogP contribution >= 0.6 is 0 Å². The van der Waals surface area contributed by atoms with Crippen LogP contribution in [0.15, 0.2) is 36.5 Å². The molecule has 0 aliphatic rings. The number of halogens is 2. The number of aryl methyl sites for hydroxylation is 1. The summed E-state index contributed by atoms with van der Waals surface area (Å²) in [7, 11) is 0. The molecule has 0 radical (unpaired) electrons. The average Bonchev–Trinajstić information content (AvgIpc) is 2.37. The molecule has 0 saturated carbocycles. The maximum Gasteiger partial charge on any atom is 0.130 e. The van der Waals surface area contributed by atoms with E-state index in [4.69, 9.17) is 0 Å². The van der Waals surface area contributed by atoms with Crippen molar-refractivity contribution >= 4 is 0 Å². The van der Waals surface area contributed by atoms with Gasteiger partial charge in [-0.1, -0.05) is 12.1 Å². The van der Waals surface area contributed by atoms with Crippen LogP contribution in [0.4, 0.5) is 8.78 Å². The Morgan fingerprint density at radius 3 is 2.63 bits per heavy atom. The van der Waals surface area contributed by atoms with Crippen LogP contribution in [0, 0.1) is 18.6 Å². The highest BCUT2D eigenvalue weighted by atomic mass is 19.1. The molecule has 0 aliphatic heterocycles. The highest BCUT2D eigenvalue weighted by Gasteiger charge is 2.11. The van der Waals surface area contributed by atoms with Gasteiger partial charge in [0.15, 0.2) is 0 Å². The molecule has 0 amide bonds. The molecule has 100 valence electrons. The molecule has 0 fully saturated rings. The number of aromatic nitrogens is 1. The monoisotopic (exact) mass is 262 g/mol. The summed E-state index contributed by atoms with van der Waals surface area (Å²) >= 11 is 0. The van der Waals surface area contributed by atoms with Gasteiger partial charge >= 0.3 is 0 Å². The van der Waals surface area contributed by atoms with Crippen LogP contribution in [-0.2, 0) is 6.54 Å². The van der Waals surface area contributed by atoms with E-state index in [1.807, 2.05) is 26.0 Å². The van der Waals surface area contributed by atoms with Gasteiger partial charge in [-0.15, -0.1) is 0 Å². The molecular weight excluding hydrogens is 246 g/mol. The van der Waals surface area contributed by atoms with Crippen LogP contribution in [0.5, 0.6) is 0 Å². The maximum atomic E-state index is 13.6. The largest absolute Gasteiger partial charge is 0.306 e. The summed E-state index contributed by atoms with van der Waals surface area (Å²) in [5.74, 6) is -1.08. The van der Waals surface area contributed by atoms with E-state index in [2.05, 4.69) is 10.3 Å². The van der Waals surface area contributed by atoms with E-state index in [1.54, 1.807) is 6.20 Å². The van der Waals surface area contributed by atoms with E-state index < -0.39 is 11.6 Å². The molecule has 1 atom stereocenters. The molecular formula is C15H16F2N2. The fourth-order valence-electron chi connectivity index (χ4n) is 1.84. The minimum atomic E-state index is -0.559. The van der Waals surface area contributed by atoms with Crippen molar-refractivity contribution in [3.63, 3.8) is 0 Å². The summed E-state index contributed by atoms with van der Waals surface area (Å²) < 4.78 is 26.4. The van der Waals surface area contributed by atoms with Gasteiger partial charge in [-0.3, -0.25) is 4.98 Å². The molecule has 1 aromatic heterocycles. The lowest BCUT2D eigenvalue weighted by molar-refractivity contribution is 0.517. The van der Waals surface area contributed by atoms with Crippen LogP contribution < -0.4 is 5.32 Å². The van der Waals surface area contributed by atoms with Gasteiger partial charge in [0.05, 0.1) is 0 Å². The Hall–Kier alpha value is -1.81. The van der Waals surface area contributed by atoms with Gasteiger partial charge in [0.2, 0.25) is 0 Å². The van der Waals surface area contributed by atoms with Gasteiger partial charge in [0.1, 0.15) is 11.6 Å². The van der Waals surface area contributed by atoms with Crippen molar-refractivity contribution in [2.24, 2.45) is 0 Å². The lowest BCUT2D eigenvalue weighted by Gasteiger charge is -2.15. The lowest BCUT2D eigenvalue weighted by atomic mass is 10.1. The summed E-state index contributed by atoms with van der Waals surface area (Å²) in [6, 6.07) is 7.35. The van der Waals surface area contributed by atoms with E-state index in [1.165, 1.54) is 12.1 Å². The molecule has 1 heterocycles. The van der Waals surface area contributed by atoms with E-state index in [0.29, 0.717) is 12.1 Å². The van der Waals surface area contributed by atoms with Crippen molar-refractivity contribution in [1.82, 2.24) is 10.3 Å². The molecule has 1 unspecified atom stereocenters. The molecule has 0 saturated heterocycles. The minimum Gasteiger partial charge on any atom is -0.306 e. The molecule has 1 aromatic carbocycles. The first-order valence-corrected chi connectivity index (χ1v) is 6.16. The van der Waals surface area contributed by atoms with E-state index >= 15 is 0 Å². The number of hydrogen-bond donors (Lipinski definition) is 1. The summed E-state index contributed by atoms with van der Waals surface area (Å²) in [6.07, 6.45) is 1.79. The molecule has 0 aliphatic carbocycles. The van der Waals surface area contributed by atoms with Gasteiger partial charge in [-0.25, -0.2) is 8.78 Å². The van der Waals surface area contributed by atoms with Gasteiger partial charge in [-0.05, 0) is 31.5 Å². The number of pyridine rings is 1. The van der Waals surface area contributed by atoms with Crippen LogP contribution in [0.2, 0.25) is 0 Å². The van der Waals surface area contributed by atoms with E-state index in [0.717, 1.165) is 17.3 Å². The van der Waals surface area contributed by atoms with Crippen LogP contribution in [0.25, 0.3) is 0 Å². The lowest BCUT2D eigenvalue weighted by Crippen LogP contribution is -2.19. The quantitative estimate of drug-likeness (QED) is 0.912. The number of benzene rings is 1. The van der Waals surface area contributed by atoms with Crippen LogP contribution in [-0.4, -0.2) is 4.98 Å². The number of nitrogens with one attached hydrogen (secondary N) is 1. The van der Waals surface area contributed by atoms with Gasteiger partial charge in [0.25, 0.3) is 0 Å². The molecule has 0 spiro atoms. The van der Waals surface area contributed by atoms with Crippen molar-refractivity contribution < 1.29 is 8.78 Å². The molecule has 2 nitrogen and oxygen atoms in total. The molecule has 0 bridgehead atoms. The standard InChI is InChI=1S/C15H16F2N2/c1-10-3-4-12(8-18-10)9-19-11(2)14-6-5-13(16)7-15(14)17/h3-8,11,19H,9H2,1-2H3. The zero-order chi connectivity index (χ0) is 13.8. The smallest absolute Gasteiger partial charge is 0.130 e. The Kier molecular flexibility index (Phi) is 4.22. The first-order chi connectivity index (χ1) is 9.06. The summed E-state index contributed by atoms with van der Waals surface area (Å²) in [5, 5.41) is 3.19. The molecule has 2 aromatic rings. The molecule has 1 N–H and O–H groups in total. The van der Waals surface area contributed by atoms with Crippen molar-refractivity contribution in [3.05, 3.63) is 65.0 Å². The Bertz CT molecular complexity index is 553. The van der Waals surface area contributed by atoms with Gasteiger partial charge in [-0.2, -0.15) is 0 Å². The first kappa shape index (κ1) is 13.6. The van der Waals surface area contributed by atoms with Gasteiger partial charge < -0.3 is 5.32 Å². The summed E-state index contributed by atoms with van der Waals surface area (Å²) in [6.45, 7) is 4.36. The predicted octanol–water partition coefficient (Wildman–Crippen LogP) is 3.52. The topological polar surface area (TPSA) is 24.9 Å². The van der Waals surface area contributed by atoms with E-state index in [9.17, 15) is 8.78 Å². The SMILES string of the molecule is Cc1ccc(CNC(C)c2ccc(F)cc2F)cn1. The number of rotatable bonds is 4. The van der Waals surface area contributed by atoms with E-state index in [-0.39, 0.29) is 6.04 Å². The highest BCUT2D eigenvalue weighted by molar-refractivity contribution is 5.22.